The van der Waals surface area contributed by atoms with Gasteiger partial charge in [0.2, 0.25) is 0 Å². The minimum absolute atomic E-state index is 0.152. The Bertz CT molecular complexity index is 422. The molecule has 1 aliphatic heterocycles. The molecule has 0 radical (unpaired) electrons. The van der Waals surface area contributed by atoms with Gasteiger partial charge in [0.15, 0.2) is 0 Å². The number of amides is 1. The van der Waals surface area contributed by atoms with Crippen LogP contribution in [0.1, 0.15) is 23.7 Å². The van der Waals surface area contributed by atoms with Gasteiger partial charge in [0, 0.05) is 36.8 Å². The van der Waals surface area contributed by atoms with Crippen LogP contribution in [0, 0.1) is 0 Å². The van der Waals surface area contributed by atoms with Gasteiger partial charge in [-0.15, -0.1) is 0 Å². The number of nitrogens with zero attached hydrogens (tertiary/aromatic N) is 1. The minimum Gasteiger partial charge on any atom is -0.387 e. The molecule has 1 aromatic carbocycles. The van der Waals surface area contributed by atoms with Crippen LogP contribution in [0.5, 0.6) is 0 Å². The number of hydrogen-bond donors (Lipinski definition) is 1. The summed E-state index contributed by atoms with van der Waals surface area (Å²) >= 11 is 1.98. The van der Waals surface area contributed by atoms with E-state index in [9.17, 15) is 4.79 Å². The fourth-order valence-electron chi connectivity index (χ4n) is 2.21. The highest BCUT2D eigenvalue weighted by Crippen LogP contribution is 2.24. The molecule has 3 nitrogen and oxygen atoms in total. The summed E-state index contributed by atoms with van der Waals surface area (Å²) in [6, 6.07) is 7.72. The van der Waals surface area contributed by atoms with Crippen molar-refractivity contribution < 1.29 is 4.79 Å². The first-order valence-electron chi connectivity index (χ1n) is 6.44. The predicted octanol–water partition coefficient (Wildman–Crippen LogP) is 2.70. The summed E-state index contributed by atoms with van der Waals surface area (Å²) in [5.41, 5.74) is 1.69. The summed E-state index contributed by atoms with van der Waals surface area (Å²) < 4.78 is 0. The topological polar surface area (TPSA) is 32.3 Å². The minimum atomic E-state index is 0.152. The molecule has 2 rings (SSSR count). The van der Waals surface area contributed by atoms with Crippen LogP contribution in [-0.2, 0) is 0 Å². The highest BCUT2D eigenvalue weighted by Gasteiger charge is 2.24. The van der Waals surface area contributed by atoms with E-state index in [0.717, 1.165) is 36.5 Å². The normalized spacial score (nSPS) is 19.7. The molecule has 0 bridgehead atoms. The van der Waals surface area contributed by atoms with Crippen molar-refractivity contribution in [2.75, 3.05) is 31.2 Å². The van der Waals surface area contributed by atoms with E-state index < -0.39 is 0 Å². The van der Waals surface area contributed by atoms with E-state index in [2.05, 4.69) is 12.2 Å². The number of thioether (sulfide) groups is 1. The number of nitrogens with one attached hydrogen (secondary N) is 1. The molecule has 1 saturated heterocycles. The second-order valence-corrected chi connectivity index (χ2v) is 5.86. The van der Waals surface area contributed by atoms with E-state index in [4.69, 9.17) is 0 Å². The van der Waals surface area contributed by atoms with Crippen molar-refractivity contribution in [3.8, 4) is 0 Å². The molecule has 1 aromatic rings. The smallest absolute Gasteiger partial charge is 0.256 e. The van der Waals surface area contributed by atoms with Crippen LogP contribution in [0.4, 0.5) is 5.69 Å². The molecule has 1 unspecified atom stereocenters. The number of rotatable bonds is 3. The Morgan fingerprint density at radius 1 is 1.50 bits per heavy atom. The molecule has 1 aliphatic rings. The van der Waals surface area contributed by atoms with Crippen LogP contribution in [0.25, 0.3) is 0 Å². The monoisotopic (exact) mass is 264 g/mol. The standard InChI is InChI=1S/C14H20N2OS/c1-3-11-10-16(8-9-18-11)14(17)12-6-4-5-7-13(12)15-2/h4-7,11,15H,3,8-10H2,1-2H3. The predicted molar refractivity (Wildman–Crippen MR) is 78.4 cm³/mol. The Morgan fingerprint density at radius 2 is 2.28 bits per heavy atom. The first kappa shape index (κ1) is 13.3. The largest absolute Gasteiger partial charge is 0.387 e. The first-order chi connectivity index (χ1) is 8.76. The van der Waals surface area contributed by atoms with Crippen LogP contribution in [-0.4, -0.2) is 41.9 Å². The number of carbonyl (C=O) groups is 1. The number of para-hydroxylation sites is 1. The zero-order chi connectivity index (χ0) is 13.0. The molecule has 1 fully saturated rings. The van der Waals surface area contributed by atoms with Crippen molar-refractivity contribution in [3.63, 3.8) is 0 Å². The van der Waals surface area contributed by atoms with Crippen molar-refractivity contribution in [3.05, 3.63) is 29.8 Å². The molecule has 1 N–H and O–H groups in total. The number of anilines is 1. The summed E-state index contributed by atoms with van der Waals surface area (Å²) in [4.78, 5) is 14.5. The maximum Gasteiger partial charge on any atom is 0.256 e. The molecule has 0 spiro atoms. The maximum atomic E-state index is 12.5. The second kappa shape index (κ2) is 6.14. The van der Waals surface area contributed by atoms with Gasteiger partial charge in [-0.1, -0.05) is 19.1 Å². The van der Waals surface area contributed by atoms with E-state index in [1.807, 2.05) is 48.0 Å². The van der Waals surface area contributed by atoms with Crippen molar-refractivity contribution >= 4 is 23.4 Å². The average molecular weight is 264 g/mol. The van der Waals surface area contributed by atoms with E-state index in [-0.39, 0.29) is 5.91 Å². The van der Waals surface area contributed by atoms with E-state index in [0.29, 0.717) is 5.25 Å². The van der Waals surface area contributed by atoms with Gasteiger partial charge in [-0.2, -0.15) is 11.8 Å². The van der Waals surface area contributed by atoms with E-state index >= 15 is 0 Å². The van der Waals surface area contributed by atoms with Crippen molar-refractivity contribution in [2.24, 2.45) is 0 Å². The molecule has 98 valence electrons. The summed E-state index contributed by atoms with van der Waals surface area (Å²) in [7, 11) is 1.85. The lowest BCUT2D eigenvalue weighted by Crippen LogP contribution is -2.41. The zero-order valence-corrected chi connectivity index (χ0v) is 11.8. The summed E-state index contributed by atoms with van der Waals surface area (Å²) in [5, 5.41) is 3.68. The molecule has 0 aromatic heterocycles. The lowest BCUT2D eigenvalue weighted by atomic mass is 10.1. The Hall–Kier alpha value is -1.16. The lowest BCUT2D eigenvalue weighted by molar-refractivity contribution is 0.0762. The van der Waals surface area contributed by atoms with Gasteiger partial charge in [0.25, 0.3) is 5.91 Å². The van der Waals surface area contributed by atoms with E-state index in [1.54, 1.807) is 0 Å². The Labute approximate surface area is 113 Å². The van der Waals surface area contributed by atoms with Crippen LogP contribution in [0.2, 0.25) is 0 Å². The third-order valence-corrected chi connectivity index (χ3v) is 4.68. The molecule has 1 atom stereocenters. The molecular formula is C14H20N2OS. The van der Waals surface area contributed by atoms with Crippen LogP contribution >= 0.6 is 11.8 Å². The van der Waals surface area contributed by atoms with E-state index in [1.165, 1.54) is 0 Å². The van der Waals surface area contributed by atoms with Gasteiger partial charge in [-0.05, 0) is 18.6 Å². The quantitative estimate of drug-likeness (QED) is 0.911. The fourth-order valence-corrected chi connectivity index (χ4v) is 3.39. The fraction of sp³-hybridized carbons (Fsp3) is 0.500. The SMILES string of the molecule is CCC1CN(C(=O)c2ccccc2NC)CCS1. The first-order valence-corrected chi connectivity index (χ1v) is 7.48. The lowest BCUT2D eigenvalue weighted by Gasteiger charge is -2.32. The van der Waals surface area contributed by atoms with Crippen LogP contribution < -0.4 is 5.32 Å². The van der Waals surface area contributed by atoms with Crippen LogP contribution in [0.3, 0.4) is 0 Å². The molecule has 4 heteroatoms. The highest BCUT2D eigenvalue weighted by molar-refractivity contribution is 8.00. The summed E-state index contributed by atoms with van der Waals surface area (Å²) in [6.07, 6.45) is 1.13. The van der Waals surface area contributed by atoms with Crippen LogP contribution in [0.15, 0.2) is 24.3 Å². The van der Waals surface area contributed by atoms with Gasteiger partial charge in [0.1, 0.15) is 0 Å². The third-order valence-electron chi connectivity index (χ3n) is 3.31. The van der Waals surface area contributed by atoms with Crippen molar-refractivity contribution in [1.82, 2.24) is 4.90 Å². The summed E-state index contributed by atoms with van der Waals surface area (Å²) in [6.45, 7) is 3.92. The average Bonchev–Trinajstić information content (AvgIpc) is 2.46. The number of hydrogen-bond acceptors (Lipinski definition) is 3. The van der Waals surface area contributed by atoms with Gasteiger partial charge < -0.3 is 10.2 Å². The molecular weight excluding hydrogens is 244 g/mol. The molecule has 0 saturated carbocycles. The van der Waals surface area contributed by atoms with Gasteiger partial charge >= 0.3 is 0 Å². The molecule has 1 amide bonds. The molecule has 1 heterocycles. The van der Waals surface area contributed by atoms with Gasteiger partial charge in [-0.25, -0.2) is 0 Å². The van der Waals surface area contributed by atoms with Crippen molar-refractivity contribution in [2.45, 2.75) is 18.6 Å². The Balaban J connectivity index is 2.15. The van der Waals surface area contributed by atoms with Gasteiger partial charge in [-0.3, -0.25) is 4.79 Å². The third kappa shape index (κ3) is 2.80. The highest BCUT2D eigenvalue weighted by atomic mass is 32.2. The van der Waals surface area contributed by atoms with Gasteiger partial charge in [0.05, 0.1) is 5.56 Å². The maximum absolute atomic E-state index is 12.5. The van der Waals surface area contributed by atoms with Crippen molar-refractivity contribution in [1.29, 1.82) is 0 Å². The second-order valence-electron chi connectivity index (χ2n) is 4.45. The molecule has 18 heavy (non-hydrogen) atoms. The number of carbonyl (C=O) groups excluding carboxylic acids is 1. The molecule has 0 aliphatic carbocycles. The summed E-state index contributed by atoms with van der Waals surface area (Å²) in [5.74, 6) is 1.20. The number of benzene rings is 1. The zero-order valence-electron chi connectivity index (χ0n) is 11.0. The Morgan fingerprint density at radius 3 is 3.00 bits per heavy atom. The Kier molecular flexibility index (Phi) is 4.53.